The smallest absolute Gasteiger partial charge is 0.283 e. The van der Waals surface area contributed by atoms with E-state index in [9.17, 15) is 8.78 Å². The van der Waals surface area contributed by atoms with E-state index in [0.717, 1.165) is 19.3 Å². The topological polar surface area (TPSA) is 21.3 Å². The minimum Gasteiger partial charge on any atom is -0.372 e. The van der Waals surface area contributed by atoms with Crippen LogP contribution >= 0.6 is 0 Å². The van der Waals surface area contributed by atoms with Crippen molar-refractivity contribution in [2.75, 3.05) is 19.7 Å². The molecular weight excluding hydrogens is 176 g/mol. The zero-order valence-electron chi connectivity index (χ0n) is 7.98. The normalized spacial score (nSPS) is 17.8. The summed E-state index contributed by atoms with van der Waals surface area (Å²) in [5.41, 5.74) is 0. The molecule has 0 bridgehead atoms. The molecule has 2 nitrogen and oxygen atoms in total. The summed E-state index contributed by atoms with van der Waals surface area (Å²) < 4.78 is 30.9. The van der Waals surface area contributed by atoms with Crippen LogP contribution in [0.2, 0.25) is 0 Å². The lowest BCUT2D eigenvalue weighted by Crippen LogP contribution is -2.37. The molecule has 0 radical (unpaired) electrons. The van der Waals surface area contributed by atoms with Crippen LogP contribution in [-0.2, 0) is 4.74 Å². The fraction of sp³-hybridized carbons (Fsp3) is 1.00. The lowest BCUT2D eigenvalue weighted by molar-refractivity contribution is -0.0792. The van der Waals surface area contributed by atoms with Gasteiger partial charge in [-0.15, -0.1) is 0 Å². The second kappa shape index (κ2) is 4.86. The van der Waals surface area contributed by atoms with Gasteiger partial charge in [0.15, 0.2) is 0 Å². The molecule has 0 spiro atoms. The number of rotatable bonds is 7. The zero-order chi connectivity index (χ0) is 9.73. The van der Waals surface area contributed by atoms with Gasteiger partial charge in [-0.2, -0.15) is 0 Å². The maximum absolute atomic E-state index is 12.9. The number of alkyl halides is 2. The minimum atomic E-state index is -2.71. The largest absolute Gasteiger partial charge is 0.372 e. The van der Waals surface area contributed by atoms with Crippen molar-refractivity contribution in [3.8, 4) is 0 Å². The Kier molecular flexibility index (Phi) is 4.06. The predicted molar refractivity (Wildman–Crippen MR) is 47.1 cm³/mol. The first kappa shape index (κ1) is 10.9. The highest BCUT2D eigenvalue weighted by molar-refractivity contribution is 4.76. The third-order valence-electron chi connectivity index (χ3n) is 1.86. The van der Waals surface area contributed by atoms with E-state index < -0.39 is 12.5 Å². The van der Waals surface area contributed by atoms with Crippen molar-refractivity contribution in [3.63, 3.8) is 0 Å². The minimum absolute atomic E-state index is 0.108. The predicted octanol–water partition coefficient (Wildman–Crippen LogP) is 1.80. The van der Waals surface area contributed by atoms with Gasteiger partial charge in [0.1, 0.15) is 6.61 Å². The van der Waals surface area contributed by atoms with Crippen molar-refractivity contribution >= 4 is 0 Å². The molecular formula is C9H17F2NO. The molecule has 78 valence electrons. The summed E-state index contributed by atoms with van der Waals surface area (Å²) in [6.45, 7) is 1.88. The fourth-order valence-electron chi connectivity index (χ4n) is 0.974. The van der Waals surface area contributed by atoms with Gasteiger partial charge in [0.25, 0.3) is 5.92 Å². The number of halogens is 2. The average molecular weight is 193 g/mol. The Morgan fingerprint density at radius 1 is 1.46 bits per heavy atom. The van der Waals surface area contributed by atoms with Gasteiger partial charge in [0.05, 0.1) is 12.6 Å². The molecule has 1 aliphatic rings. The highest BCUT2D eigenvalue weighted by Gasteiger charge is 2.32. The highest BCUT2D eigenvalue weighted by atomic mass is 19.3. The monoisotopic (exact) mass is 193 g/mol. The van der Waals surface area contributed by atoms with Crippen molar-refractivity contribution in [2.45, 2.75) is 38.2 Å². The van der Waals surface area contributed by atoms with Crippen LogP contribution in [0.4, 0.5) is 8.78 Å². The summed E-state index contributed by atoms with van der Waals surface area (Å²) >= 11 is 0. The second-order valence-corrected chi connectivity index (χ2v) is 3.54. The third-order valence-corrected chi connectivity index (χ3v) is 1.86. The van der Waals surface area contributed by atoms with Crippen molar-refractivity contribution in [1.82, 2.24) is 5.32 Å². The number of ether oxygens (including phenoxy) is 1. The van der Waals surface area contributed by atoms with E-state index in [0.29, 0.717) is 6.54 Å². The first-order valence-corrected chi connectivity index (χ1v) is 4.84. The Balaban J connectivity index is 2.03. The van der Waals surface area contributed by atoms with E-state index in [4.69, 9.17) is 4.74 Å². The standard InChI is InChI=1S/C9H17F2NO/c1-2-5-12-6-9(10,11)7-13-8-3-4-8/h8,12H,2-7H2,1H3. The molecule has 0 aromatic rings. The average Bonchev–Trinajstić information content (AvgIpc) is 2.84. The Hall–Kier alpha value is -0.220. The van der Waals surface area contributed by atoms with Gasteiger partial charge in [-0.05, 0) is 25.8 Å². The van der Waals surface area contributed by atoms with Gasteiger partial charge in [-0.1, -0.05) is 6.92 Å². The van der Waals surface area contributed by atoms with Gasteiger partial charge in [-0.3, -0.25) is 0 Å². The molecule has 1 N–H and O–H groups in total. The van der Waals surface area contributed by atoms with Crippen LogP contribution in [0.15, 0.2) is 0 Å². The van der Waals surface area contributed by atoms with Crippen LogP contribution in [0.3, 0.4) is 0 Å². The van der Waals surface area contributed by atoms with Gasteiger partial charge < -0.3 is 10.1 Å². The Morgan fingerprint density at radius 3 is 2.69 bits per heavy atom. The summed E-state index contributed by atoms with van der Waals surface area (Å²) in [5, 5.41) is 2.69. The molecule has 0 amide bonds. The molecule has 0 unspecified atom stereocenters. The van der Waals surface area contributed by atoms with Gasteiger partial charge in [0.2, 0.25) is 0 Å². The molecule has 1 aliphatic carbocycles. The third kappa shape index (κ3) is 5.16. The second-order valence-electron chi connectivity index (χ2n) is 3.54. The molecule has 1 fully saturated rings. The summed E-state index contributed by atoms with van der Waals surface area (Å²) in [5.74, 6) is -2.71. The van der Waals surface area contributed by atoms with Crippen LogP contribution in [-0.4, -0.2) is 31.7 Å². The maximum atomic E-state index is 12.9. The lowest BCUT2D eigenvalue weighted by Gasteiger charge is -2.16. The molecule has 0 aromatic carbocycles. The first-order valence-electron chi connectivity index (χ1n) is 4.84. The molecule has 0 heterocycles. The molecule has 0 aromatic heterocycles. The summed E-state index contributed by atoms with van der Waals surface area (Å²) in [6, 6.07) is 0. The number of nitrogens with one attached hydrogen (secondary N) is 1. The summed E-state index contributed by atoms with van der Waals surface area (Å²) in [4.78, 5) is 0. The first-order chi connectivity index (χ1) is 6.14. The van der Waals surface area contributed by atoms with E-state index in [-0.39, 0.29) is 12.6 Å². The molecule has 0 saturated heterocycles. The van der Waals surface area contributed by atoms with Gasteiger partial charge in [-0.25, -0.2) is 8.78 Å². The molecule has 0 aliphatic heterocycles. The Labute approximate surface area is 77.6 Å². The van der Waals surface area contributed by atoms with Crippen molar-refractivity contribution in [1.29, 1.82) is 0 Å². The van der Waals surface area contributed by atoms with E-state index in [2.05, 4.69) is 5.32 Å². The molecule has 1 rings (SSSR count). The quantitative estimate of drug-likeness (QED) is 0.622. The Morgan fingerprint density at radius 2 is 2.15 bits per heavy atom. The zero-order valence-corrected chi connectivity index (χ0v) is 7.98. The maximum Gasteiger partial charge on any atom is 0.283 e. The van der Waals surface area contributed by atoms with Crippen LogP contribution in [0.25, 0.3) is 0 Å². The Bertz CT molecular complexity index is 149. The fourth-order valence-corrected chi connectivity index (χ4v) is 0.974. The van der Waals surface area contributed by atoms with Crippen molar-refractivity contribution < 1.29 is 13.5 Å². The van der Waals surface area contributed by atoms with E-state index in [1.165, 1.54) is 0 Å². The van der Waals surface area contributed by atoms with Crippen LogP contribution in [0.1, 0.15) is 26.2 Å². The molecule has 13 heavy (non-hydrogen) atoms. The van der Waals surface area contributed by atoms with E-state index >= 15 is 0 Å². The van der Waals surface area contributed by atoms with Crippen molar-refractivity contribution in [2.24, 2.45) is 0 Å². The summed E-state index contributed by atoms with van der Waals surface area (Å²) in [6.07, 6.45) is 2.87. The lowest BCUT2D eigenvalue weighted by atomic mass is 10.3. The van der Waals surface area contributed by atoms with Gasteiger partial charge in [0, 0.05) is 0 Å². The summed E-state index contributed by atoms with van der Waals surface area (Å²) in [7, 11) is 0. The van der Waals surface area contributed by atoms with Gasteiger partial charge >= 0.3 is 0 Å². The SMILES string of the molecule is CCCNCC(F)(F)COC1CC1. The molecule has 0 atom stereocenters. The van der Waals surface area contributed by atoms with E-state index in [1.807, 2.05) is 6.92 Å². The molecule has 1 saturated carbocycles. The number of hydrogen-bond donors (Lipinski definition) is 1. The van der Waals surface area contributed by atoms with E-state index in [1.54, 1.807) is 0 Å². The molecule has 4 heteroatoms. The van der Waals surface area contributed by atoms with Crippen LogP contribution < -0.4 is 5.32 Å². The highest BCUT2D eigenvalue weighted by Crippen LogP contribution is 2.25. The number of hydrogen-bond acceptors (Lipinski definition) is 2. The van der Waals surface area contributed by atoms with Crippen LogP contribution in [0, 0.1) is 0 Å². The van der Waals surface area contributed by atoms with Crippen LogP contribution in [0.5, 0.6) is 0 Å². The van der Waals surface area contributed by atoms with Crippen molar-refractivity contribution in [3.05, 3.63) is 0 Å².